The molecule has 0 saturated carbocycles. The molecular weight excluding hydrogens is 363 g/mol. The summed E-state index contributed by atoms with van der Waals surface area (Å²) in [5, 5.41) is 12.4. The predicted molar refractivity (Wildman–Crippen MR) is 95.9 cm³/mol. The number of halogens is 2. The van der Waals surface area contributed by atoms with Gasteiger partial charge in [0.05, 0.1) is 23.0 Å². The molecule has 25 heavy (non-hydrogen) atoms. The van der Waals surface area contributed by atoms with Gasteiger partial charge in [0.2, 0.25) is 11.9 Å². The molecule has 1 N–H and O–H groups in total. The fourth-order valence-electron chi connectivity index (χ4n) is 2.33. The maximum Gasteiger partial charge on any atom is 0.248 e. The second kappa shape index (κ2) is 7.25. The Kier molecular flexibility index (Phi) is 5.06. The van der Waals surface area contributed by atoms with E-state index in [0.29, 0.717) is 22.3 Å². The molecule has 1 aromatic carbocycles. The minimum absolute atomic E-state index is 0.0467. The summed E-state index contributed by atoms with van der Waals surface area (Å²) in [4.78, 5) is 16.2. The first-order valence-corrected chi connectivity index (χ1v) is 8.31. The number of anilines is 1. The molecule has 0 bridgehead atoms. The van der Waals surface area contributed by atoms with E-state index in [0.717, 1.165) is 11.3 Å². The number of rotatable bonds is 5. The van der Waals surface area contributed by atoms with Gasteiger partial charge in [0.1, 0.15) is 12.9 Å². The minimum atomic E-state index is -0.272. The highest BCUT2D eigenvalue weighted by molar-refractivity contribution is 6.31. The van der Waals surface area contributed by atoms with Gasteiger partial charge in [0.25, 0.3) is 0 Å². The van der Waals surface area contributed by atoms with Gasteiger partial charge in [-0.3, -0.25) is 14.8 Å². The summed E-state index contributed by atoms with van der Waals surface area (Å²) in [5.41, 5.74) is 2.47. The first-order valence-electron chi connectivity index (χ1n) is 7.55. The molecule has 0 spiro atoms. The molecule has 130 valence electrons. The molecule has 7 nitrogen and oxygen atoms in total. The summed E-state index contributed by atoms with van der Waals surface area (Å²) in [6, 6.07) is 7.45. The van der Waals surface area contributed by atoms with E-state index in [1.54, 1.807) is 22.6 Å². The van der Waals surface area contributed by atoms with Crippen LogP contribution < -0.4 is 5.32 Å². The van der Waals surface area contributed by atoms with Crippen LogP contribution in [0.15, 0.2) is 30.6 Å². The number of benzene rings is 1. The van der Waals surface area contributed by atoms with Crippen LogP contribution >= 0.6 is 23.2 Å². The number of nitrogens with one attached hydrogen (secondary N) is 1. The first-order chi connectivity index (χ1) is 11.9. The zero-order chi connectivity index (χ0) is 18.0. The minimum Gasteiger partial charge on any atom is -0.292 e. The third-order valence-electron chi connectivity index (χ3n) is 3.63. The summed E-state index contributed by atoms with van der Waals surface area (Å²) < 4.78 is 3.19. The molecule has 0 aliphatic heterocycles. The van der Waals surface area contributed by atoms with E-state index >= 15 is 0 Å². The predicted octanol–water partition coefficient (Wildman–Crippen LogP) is 3.09. The molecule has 0 atom stereocenters. The molecule has 1 amide bonds. The van der Waals surface area contributed by atoms with Crippen molar-refractivity contribution < 1.29 is 4.79 Å². The van der Waals surface area contributed by atoms with Crippen LogP contribution in [-0.4, -0.2) is 30.5 Å². The average molecular weight is 379 g/mol. The summed E-state index contributed by atoms with van der Waals surface area (Å²) in [5.74, 6) is -0.0295. The Morgan fingerprint density at radius 3 is 2.52 bits per heavy atom. The summed E-state index contributed by atoms with van der Waals surface area (Å²) in [6.45, 7) is 4.19. The van der Waals surface area contributed by atoms with Gasteiger partial charge in [-0.05, 0) is 31.5 Å². The van der Waals surface area contributed by atoms with Crippen molar-refractivity contribution in [3.63, 3.8) is 0 Å². The van der Waals surface area contributed by atoms with Gasteiger partial charge in [-0.15, -0.1) is 5.10 Å². The van der Waals surface area contributed by atoms with Gasteiger partial charge in [0, 0.05) is 5.02 Å². The lowest BCUT2D eigenvalue weighted by Gasteiger charge is -2.04. The van der Waals surface area contributed by atoms with E-state index in [1.807, 2.05) is 31.2 Å². The number of aromatic nitrogens is 5. The van der Waals surface area contributed by atoms with Crippen LogP contribution in [0.5, 0.6) is 0 Å². The molecule has 3 rings (SSSR count). The second-order valence-corrected chi connectivity index (χ2v) is 6.40. The Bertz CT molecular complexity index is 900. The molecule has 2 heterocycles. The maximum atomic E-state index is 12.1. The number of aryl methyl sites for hydroxylation is 1. The highest BCUT2D eigenvalue weighted by Gasteiger charge is 2.13. The topological polar surface area (TPSA) is 77.6 Å². The van der Waals surface area contributed by atoms with Crippen LogP contribution in [0.25, 0.3) is 0 Å². The Morgan fingerprint density at radius 1 is 1.16 bits per heavy atom. The molecule has 0 radical (unpaired) electrons. The number of nitrogens with zero attached hydrogens (tertiary/aromatic N) is 5. The monoisotopic (exact) mass is 378 g/mol. The van der Waals surface area contributed by atoms with E-state index in [1.165, 1.54) is 0 Å². The number of carbonyl (C=O) groups is 1. The largest absolute Gasteiger partial charge is 0.292 e. The van der Waals surface area contributed by atoms with Crippen LogP contribution in [0.2, 0.25) is 10.0 Å². The fraction of sp³-hybridized carbons (Fsp3) is 0.250. The summed E-state index contributed by atoms with van der Waals surface area (Å²) in [6.07, 6.45) is 1.56. The highest BCUT2D eigenvalue weighted by Crippen LogP contribution is 2.18. The number of hydrogen-bond acceptors (Lipinski definition) is 4. The number of amides is 1. The summed E-state index contributed by atoms with van der Waals surface area (Å²) in [7, 11) is 0. The SMILES string of the molecule is Cc1nn(CC(=O)Nc2ncn(Cc3ccc(Cl)cc3)n2)c(C)c1Cl. The van der Waals surface area contributed by atoms with Gasteiger partial charge in [-0.1, -0.05) is 35.3 Å². The lowest BCUT2D eigenvalue weighted by Crippen LogP contribution is -2.21. The van der Waals surface area contributed by atoms with Gasteiger partial charge < -0.3 is 0 Å². The number of hydrogen-bond donors (Lipinski definition) is 1. The Hall–Kier alpha value is -2.38. The quantitative estimate of drug-likeness (QED) is 0.739. The molecule has 9 heteroatoms. The molecular formula is C16H16Cl2N6O. The van der Waals surface area contributed by atoms with Crippen molar-refractivity contribution in [2.75, 3.05) is 5.32 Å². The summed E-state index contributed by atoms with van der Waals surface area (Å²) >= 11 is 11.9. The lowest BCUT2D eigenvalue weighted by molar-refractivity contribution is -0.117. The van der Waals surface area contributed by atoms with E-state index in [2.05, 4.69) is 20.5 Å². The third-order valence-corrected chi connectivity index (χ3v) is 4.43. The molecule has 0 aliphatic rings. The average Bonchev–Trinajstić information content (AvgIpc) is 3.10. The molecule has 0 aliphatic carbocycles. The van der Waals surface area contributed by atoms with E-state index in [-0.39, 0.29) is 18.4 Å². The van der Waals surface area contributed by atoms with Crippen molar-refractivity contribution in [1.82, 2.24) is 24.5 Å². The van der Waals surface area contributed by atoms with Crippen LogP contribution in [0.1, 0.15) is 17.0 Å². The first kappa shape index (κ1) is 17.4. The van der Waals surface area contributed by atoms with Gasteiger partial charge in [-0.2, -0.15) is 5.10 Å². The highest BCUT2D eigenvalue weighted by atomic mass is 35.5. The van der Waals surface area contributed by atoms with Crippen molar-refractivity contribution in [2.24, 2.45) is 0 Å². The van der Waals surface area contributed by atoms with Crippen LogP contribution in [-0.2, 0) is 17.9 Å². The second-order valence-electron chi connectivity index (χ2n) is 5.58. The van der Waals surface area contributed by atoms with E-state index < -0.39 is 0 Å². The van der Waals surface area contributed by atoms with Crippen molar-refractivity contribution in [2.45, 2.75) is 26.9 Å². The third kappa shape index (κ3) is 4.18. The van der Waals surface area contributed by atoms with Gasteiger partial charge >= 0.3 is 0 Å². The van der Waals surface area contributed by atoms with Crippen LogP contribution in [0.4, 0.5) is 5.95 Å². The van der Waals surface area contributed by atoms with Crippen LogP contribution in [0, 0.1) is 13.8 Å². The van der Waals surface area contributed by atoms with Crippen molar-refractivity contribution in [1.29, 1.82) is 0 Å². The molecule has 2 aromatic heterocycles. The zero-order valence-electron chi connectivity index (χ0n) is 13.7. The lowest BCUT2D eigenvalue weighted by atomic mass is 10.2. The van der Waals surface area contributed by atoms with Crippen molar-refractivity contribution >= 4 is 35.1 Å². The molecule has 0 saturated heterocycles. The van der Waals surface area contributed by atoms with E-state index in [9.17, 15) is 4.79 Å². The standard InChI is InChI=1S/C16H16Cl2N6O/c1-10-15(18)11(2)24(21-10)8-14(25)20-16-19-9-23(22-16)7-12-3-5-13(17)6-4-12/h3-6,9H,7-8H2,1-2H3,(H,20,22,25). The fourth-order valence-corrected chi connectivity index (χ4v) is 2.60. The Morgan fingerprint density at radius 2 is 1.88 bits per heavy atom. The Labute approximate surface area is 154 Å². The zero-order valence-corrected chi connectivity index (χ0v) is 15.2. The number of carbonyl (C=O) groups excluding carboxylic acids is 1. The normalized spacial score (nSPS) is 10.9. The Balaban J connectivity index is 1.61. The molecule has 0 unspecified atom stereocenters. The maximum absolute atomic E-state index is 12.1. The van der Waals surface area contributed by atoms with Gasteiger partial charge in [0.15, 0.2) is 0 Å². The van der Waals surface area contributed by atoms with Crippen LogP contribution in [0.3, 0.4) is 0 Å². The van der Waals surface area contributed by atoms with Crippen molar-refractivity contribution in [3.05, 3.63) is 57.6 Å². The van der Waals surface area contributed by atoms with Gasteiger partial charge in [-0.25, -0.2) is 9.67 Å². The van der Waals surface area contributed by atoms with E-state index in [4.69, 9.17) is 23.2 Å². The smallest absolute Gasteiger partial charge is 0.248 e. The molecule has 0 fully saturated rings. The van der Waals surface area contributed by atoms with Crippen molar-refractivity contribution in [3.8, 4) is 0 Å². The molecule has 3 aromatic rings.